The molecule has 2 bridgehead atoms. The number of thioether (sulfide) groups is 1. The van der Waals surface area contributed by atoms with Gasteiger partial charge in [0, 0.05) is 5.25 Å². The molecular weight excluding hydrogens is 334 g/mol. The molecule has 124 valence electrons. The molecule has 4 nitrogen and oxygen atoms in total. The van der Waals surface area contributed by atoms with Crippen molar-refractivity contribution in [3.63, 3.8) is 0 Å². The Morgan fingerprint density at radius 1 is 0.920 bits per heavy atom. The second kappa shape index (κ2) is 5.23. The van der Waals surface area contributed by atoms with Crippen LogP contribution in [0.25, 0.3) is 0 Å². The third-order valence-corrected chi connectivity index (χ3v) is 6.89. The van der Waals surface area contributed by atoms with Crippen molar-refractivity contribution in [1.82, 2.24) is 5.06 Å². The van der Waals surface area contributed by atoms with Crippen LogP contribution in [-0.4, -0.2) is 22.1 Å². The molecule has 3 heterocycles. The van der Waals surface area contributed by atoms with E-state index in [4.69, 9.17) is 4.84 Å². The van der Waals surface area contributed by atoms with Gasteiger partial charge in [0.1, 0.15) is 0 Å². The summed E-state index contributed by atoms with van der Waals surface area (Å²) in [5.41, 5.74) is 1.06. The molecule has 2 aromatic rings. The molecule has 0 aromatic heterocycles. The maximum atomic E-state index is 13.1. The van der Waals surface area contributed by atoms with Gasteiger partial charge in [-0.15, -0.1) is 16.8 Å². The van der Waals surface area contributed by atoms with Crippen LogP contribution in [-0.2, 0) is 14.3 Å². The normalized spacial score (nSPS) is 32.3. The monoisotopic (exact) mass is 349 g/mol. The quantitative estimate of drug-likeness (QED) is 0.631. The summed E-state index contributed by atoms with van der Waals surface area (Å²) in [7, 11) is 0. The van der Waals surface area contributed by atoms with Crippen molar-refractivity contribution in [2.75, 3.05) is 0 Å². The van der Waals surface area contributed by atoms with E-state index in [0.717, 1.165) is 10.6 Å². The average Bonchev–Trinajstić information content (AvgIpc) is 3.31. The van der Waals surface area contributed by atoms with Crippen LogP contribution in [0, 0.1) is 11.8 Å². The predicted octanol–water partition coefficient (Wildman–Crippen LogP) is 3.16. The van der Waals surface area contributed by atoms with Crippen molar-refractivity contribution in [2.24, 2.45) is 11.8 Å². The fourth-order valence-electron chi connectivity index (χ4n) is 4.08. The van der Waals surface area contributed by atoms with E-state index < -0.39 is 10.7 Å². The second-order valence-electron chi connectivity index (χ2n) is 6.48. The van der Waals surface area contributed by atoms with E-state index in [1.54, 1.807) is 23.9 Å². The van der Waals surface area contributed by atoms with E-state index in [2.05, 4.69) is 12.2 Å². The minimum atomic E-state index is -0.474. The zero-order valence-corrected chi connectivity index (χ0v) is 14.1. The molecular formula is C20H15NO3S. The van der Waals surface area contributed by atoms with E-state index >= 15 is 0 Å². The number of benzene rings is 2. The van der Waals surface area contributed by atoms with E-state index in [0.29, 0.717) is 5.75 Å². The number of amides is 2. The van der Waals surface area contributed by atoms with Gasteiger partial charge in [0.2, 0.25) is 0 Å². The van der Waals surface area contributed by atoms with Crippen LogP contribution in [0.2, 0.25) is 0 Å². The van der Waals surface area contributed by atoms with E-state index in [9.17, 15) is 9.59 Å². The van der Waals surface area contributed by atoms with Crippen molar-refractivity contribution >= 4 is 23.6 Å². The number of fused-ring (bicyclic) bond motifs is 5. The Labute approximate surface area is 149 Å². The smallest absolute Gasteiger partial charge is 0.269 e. The van der Waals surface area contributed by atoms with E-state index in [1.165, 1.54) is 0 Å². The number of hydrogen-bond acceptors (Lipinski definition) is 4. The molecule has 2 aromatic carbocycles. The first kappa shape index (κ1) is 14.8. The van der Waals surface area contributed by atoms with Crippen molar-refractivity contribution in [1.29, 1.82) is 0 Å². The number of rotatable bonds is 3. The van der Waals surface area contributed by atoms with E-state index in [1.807, 2.05) is 48.5 Å². The van der Waals surface area contributed by atoms with Gasteiger partial charge in [-0.05, 0) is 17.7 Å². The van der Waals surface area contributed by atoms with Gasteiger partial charge < -0.3 is 4.84 Å². The Bertz CT molecular complexity index is 882. The van der Waals surface area contributed by atoms with Gasteiger partial charge in [0.15, 0.2) is 5.75 Å². The Hall–Kier alpha value is -2.53. The van der Waals surface area contributed by atoms with Crippen LogP contribution in [0.3, 0.4) is 0 Å². The maximum absolute atomic E-state index is 13.1. The van der Waals surface area contributed by atoms with Crippen molar-refractivity contribution in [3.8, 4) is 5.75 Å². The minimum Gasteiger partial charge on any atom is -0.369 e. The van der Waals surface area contributed by atoms with Gasteiger partial charge in [0.25, 0.3) is 11.8 Å². The molecule has 2 fully saturated rings. The lowest BCUT2D eigenvalue weighted by atomic mass is 9.74. The number of carbonyl (C=O) groups excluding carboxylic acids is 2. The van der Waals surface area contributed by atoms with Crippen LogP contribution in [0.4, 0.5) is 0 Å². The summed E-state index contributed by atoms with van der Waals surface area (Å²) in [6.07, 6.45) is 4.16. The van der Waals surface area contributed by atoms with Crippen LogP contribution in [0.1, 0.15) is 5.56 Å². The lowest BCUT2D eigenvalue weighted by Crippen LogP contribution is -2.38. The zero-order valence-electron chi connectivity index (χ0n) is 13.2. The lowest BCUT2D eigenvalue weighted by molar-refractivity contribution is -0.166. The van der Waals surface area contributed by atoms with Crippen molar-refractivity contribution < 1.29 is 14.4 Å². The first-order chi connectivity index (χ1) is 12.2. The summed E-state index contributed by atoms with van der Waals surface area (Å²) >= 11 is 1.70. The molecule has 0 spiro atoms. The van der Waals surface area contributed by atoms with Crippen LogP contribution in [0.5, 0.6) is 5.75 Å². The number of carbonyl (C=O) groups is 2. The second-order valence-corrected chi connectivity index (χ2v) is 7.93. The molecule has 25 heavy (non-hydrogen) atoms. The van der Waals surface area contributed by atoms with Gasteiger partial charge in [0.05, 0.1) is 16.6 Å². The molecule has 3 aliphatic heterocycles. The van der Waals surface area contributed by atoms with Gasteiger partial charge in [-0.25, -0.2) is 0 Å². The highest BCUT2D eigenvalue weighted by atomic mass is 32.2. The molecule has 2 saturated heterocycles. The lowest BCUT2D eigenvalue weighted by Gasteiger charge is -2.29. The zero-order chi connectivity index (χ0) is 17.0. The Kier molecular flexibility index (Phi) is 3.09. The molecule has 0 aliphatic carbocycles. The highest BCUT2D eigenvalue weighted by molar-refractivity contribution is 8.01. The van der Waals surface area contributed by atoms with Crippen LogP contribution < -0.4 is 4.84 Å². The summed E-state index contributed by atoms with van der Waals surface area (Å²) in [5, 5.41) is 0.994. The molecule has 0 radical (unpaired) electrons. The first-order valence-electron chi connectivity index (χ1n) is 8.24. The summed E-state index contributed by atoms with van der Waals surface area (Å²) in [5.74, 6) is -0.760. The van der Waals surface area contributed by atoms with Crippen molar-refractivity contribution in [3.05, 3.63) is 78.4 Å². The average molecular weight is 349 g/mol. The highest BCUT2D eigenvalue weighted by Gasteiger charge is 2.68. The fraction of sp³-hybridized carbons (Fsp3) is 0.200. The van der Waals surface area contributed by atoms with Gasteiger partial charge in [-0.2, -0.15) is 0 Å². The van der Waals surface area contributed by atoms with E-state index in [-0.39, 0.29) is 23.0 Å². The molecule has 4 unspecified atom stereocenters. The third-order valence-electron chi connectivity index (χ3n) is 5.16. The molecule has 5 heteroatoms. The largest absolute Gasteiger partial charge is 0.369 e. The predicted molar refractivity (Wildman–Crippen MR) is 94.5 cm³/mol. The minimum absolute atomic E-state index is 0.0195. The molecule has 5 rings (SSSR count). The van der Waals surface area contributed by atoms with Gasteiger partial charge in [-0.3, -0.25) is 9.59 Å². The standard InChI is InChI=1S/C20H15NO3S/c22-18-16-15-11-12-20(25-15,13-7-3-1-4-8-13)17(16)19(23)21(18)24-14-9-5-2-6-10-14/h1-12,15-17H. The summed E-state index contributed by atoms with van der Waals surface area (Å²) in [6, 6.07) is 18.9. The van der Waals surface area contributed by atoms with Gasteiger partial charge in [-0.1, -0.05) is 60.7 Å². The fourth-order valence-corrected chi connectivity index (χ4v) is 5.93. The summed E-state index contributed by atoms with van der Waals surface area (Å²) in [6.45, 7) is 0. The van der Waals surface area contributed by atoms with Crippen molar-refractivity contribution in [2.45, 2.75) is 10.00 Å². The van der Waals surface area contributed by atoms with Crippen LogP contribution in [0.15, 0.2) is 72.8 Å². The number of hydroxylamine groups is 2. The topological polar surface area (TPSA) is 46.6 Å². The molecule has 2 amide bonds. The number of para-hydroxylation sites is 1. The Morgan fingerprint density at radius 2 is 1.60 bits per heavy atom. The number of imide groups is 1. The highest BCUT2D eigenvalue weighted by Crippen LogP contribution is 2.64. The summed E-state index contributed by atoms with van der Waals surface area (Å²) < 4.78 is -0.474. The SMILES string of the molecule is O=C1C2C3C=CC(c4ccccc4)(S3)C2C(=O)N1Oc1ccccc1. The molecule has 0 N–H and O–H groups in total. The molecule has 3 aliphatic rings. The number of hydrogen-bond donors (Lipinski definition) is 0. The Balaban J connectivity index is 1.53. The first-order valence-corrected chi connectivity index (χ1v) is 9.12. The van der Waals surface area contributed by atoms with Gasteiger partial charge >= 0.3 is 0 Å². The Morgan fingerprint density at radius 3 is 2.32 bits per heavy atom. The van der Waals surface area contributed by atoms with Crippen LogP contribution >= 0.6 is 11.8 Å². The number of nitrogens with zero attached hydrogens (tertiary/aromatic N) is 1. The molecule has 4 atom stereocenters. The summed E-state index contributed by atoms with van der Waals surface area (Å²) in [4.78, 5) is 31.6. The maximum Gasteiger partial charge on any atom is 0.269 e. The molecule has 0 saturated carbocycles. The third kappa shape index (κ3) is 1.96.